The van der Waals surface area contributed by atoms with E-state index in [1.54, 1.807) is 59.2 Å². The van der Waals surface area contributed by atoms with Gasteiger partial charge in [0.05, 0.1) is 67.3 Å². The normalized spacial score (nSPS) is 12.8. The molecule has 2 heterocycles. The monoisotopic (exact) mass is 857 g/mol. The SMILES string of the molecule is N#Cc1ccc(-n2c3ccccc3c3cc(C(F)(F)F)ccc32)c(-c2ccc(-c3ccc(C(F)(F)F)cc3C(F)(F)F)cc2-n2c3ccccc3c3cc(C(F)(F)F)ccc32)c1. The highest BCUT2D eigenvalue weighted by Crippen LogP contribution is 2.46. The summed E-state index contributed by atoms with van der Waals surface area (Å²) in [5, 5.41) is 11.2. The molecule has 7 aromatic carbocycles. The third-order valence-corrected chi connectivity index (χ3v) is 10.9. The van der Waals surface area contributed by atoms with E-state index in [1.807, 2.05) is 0 Å². The van der Waals surface area contributed by atoms with Gasteiger partial charge >= 0.3 is 24.7 Å². The summed E-state index contributed by atoms with van der Waals surface area (Å²) >= 11 is 0. The molecule has 0 bridgehead atoms. The van der Waals surface area contributed by atoms with E-state index in [-0.39, 0.29) is 50.3 Å². The lowest BCUT2D eigenvalue weighted by molar-refractivity contribution is -0.143. The largest absolute Gasteiger partial charge is 0.417 e. The average molecular weight is 858 g/mol. The molecule has 0 aliphatic carbocycles. The Morgan fingerprint density at radius 1 is 0.371 bits per heavy atom. The molecular weight excluding hydrogens is 835 g/mol. The Bertz CT molecular complexity index is 3320. The summed E-state index contributed by atoms with van der Waals surface area (Å²) in [6, 6.07) is 30.8. The predicted octanol–water partition coefficient (Wildman–Crippen LogP) is 15.2. The van der Waals surface area contributed by atoms with Gasteiger partial charge in [-0.3, -0.25) is 0 Å². The molecule has 2 aromatic heterocycles. The fourth-order valence-corrected chi connectivity index (χ4v) is 8.15. The third kappa shape index (κ3) is 6.66. The van der Waals surface area contributed by atoms with Crippen LogP contribution in [0.2, 0.25) is 0 Å². The van der Waals surface area contributed by atoms with Crippen molar-refractivity contribution in [3.63, 3.8) is 0 Å². The Labute approximate surface area is 341 Å². The molecule has 62 heavy (non-hydrogen) atoms. The number of hydrogen-bond acceptors (Lipinski definition) is 1. The van der Waals surface area contributed by atoms with Crippen molar-refractivity contribution in [2.45, 2.75) is 24.7 Å². The topological polar surface area (TPSA) is 33.6 Å². The molecule has 0 aliphatic rings. The maximum Gasteiger partial charge on any atom is 0.417 e. The lowest BCUT2D eigenvalue weighted by atomic mass is 9.92. The van der Waals surface area contributed by atoms with E-state index in [4.69, 9.17) is 0 Å². The van der Waals surface area contributed by atoms with E-state index in [1.165, 1.54) is 47.0 Å². The van der Waals surface area contributed by atoms with Gasteiger partial charge in [0.1, 0.15) is 0 Å². The van der Waals surface area contributed by atoms with Crippen LogP contribution in [0.4, 0.5) is 52.7 Å². The van der Waals surface area contributed by atoms with Gasteiger partial charge in [-0.25, -0.2) is 0 Å². The highest BCUT2D eigenvalue weighted by molar-refractivity contribution is 6.12. The maximum atomic E-state index is 14.6. The number of hydrogen-bond donors (Lipinski definition) is 0. The minimum absolute atomic E-state index is 0.00297. The molecule has 9 aromatic rings. The summed E-state index contributed by atoms with van der Waals surface area (Å²) in [6.07, 6.45) is -19.8. The first-order valence-electron chi connectivity index (χ1n) is 18.4. The molecule has 15 heteroatoms. The molecule has 0 atom stereocenters. The van der Waals surface area contributed by atoms with Crippen molar-refractivity contribution in [2.75, 3.05) is 0 Å². The van der Waals surface area contributed by atoms with Gasteiger partial charge in [0, 0.05) is 32.7 Å². The molecule has 0 spiro atoms. The summed E-state index contributed by atoms with van der Waals surface area (Å²) in [6.45, 7) is 0. The van der Waals surface area contributed by atoms with Gasteiger partial charge in [-0.1, -0.05) is 54.6 Å². The van der Waals surface area contributed by atoms with Crippen molar-refractivity contribution >= 4 is 43.6 Å². The van der Waals surface area contributed by atoms with Crippen molar-refractivity contribution in [1.29, 1.82) is 5.26 Å². The van der Waals surface area contributed by atoms with Crippen molar-refractivity contribution in [3.8, 4) is 39.7 Å². The molecule has 0 amide bonds. The molecule has 0 N–H and O–H groups in total. The van der Waals surface area contributed by atoms with Crippen molar-refractivity contribution in [2.24, 2.45) is 0 Å². The van der Waals surface area contributed by atoms with Crippen LogP contribution in [0.15, 0.2) is 140 Å². The molecule has 310 valence electrons. The highest BCUT2D eigenvalue weighted by Gasteiger charge is 2.39. The first-order chi connectivity index (χ1) is 29.2. The standard InChI is InChI=1S/C47H23F12N3/c48-44(49,50)27-12-17-41-35(21-27)31-5-1-3-7-38(31)61(41)40-16-9-25(24-60)19-34(40)33-14-10-26(30-15-11-29(46(54,55)56)23-37(30)47(57,58)59)20-43(33)62-39-8-4-2-6-32(39)36-22-28(45(51,52)53)13-18-42(36)62/h1-23H. The first-order valence-corrected chi connectivity index (χ1v) is 18.4. The zero-order valence-corrected chi connectivity index (χ0v) is 31.2. The molecule has 0 aliphatic heterocycles. The zero-order valence-electron chi connectivity index (χ0n) is 31.2. The maximum absolute atomic E-state index is 14.6. The Morgan fingerprint density at radius 3 is 1.35 bits per heavy atom. The van der Waals surface area contributed by atoms with E-state index >= 15 is 0 Å². The smallest absolute Gasteiger partial charge is 0.309 e. The van der Waals surface area contributed by atoms with E-state index in [0.29, 0.717) is 45.1 Å². The number of benzene rings is 7. The summed E-state index contributed by atoms with van der Waals surface area (Å²) in [5.74, 6) is 0. The minimum atomic E-state index is -5.27. The Kier molecular flexibility index (Phi) is 9.02. The van der Waals surface area contributed by atoms with Crippen LogP contribution >= 0.6 is 0 Å². The number of para-hydroxylation sites is 2. The zero-order chi connectivity index (χ0) is 44.1. The van der Waals surface area contributed by atoms with E-state index in [2.05, 4.69) is 6.07 Å². The Morgan fingerprint density at radius 2 is 0.839 bits per heavy atom. The molecular formula is C47H23F12N3. The van der Waals surface area contributed by atoms with Crippen LogP contribution in [0.3, 0.4) is 0 Å². The number of rotatable bonds is 4. The van der Waals surface area contributed by atoms with Gasteiger partial charge in [0.15, 0.2) is 0 Å². The van der Waals surface area contributed by atoms with Crippen molar-refractivity contribution in [1.82, 2.24) is 9.13 Å². The van der Waals surface area contributed by atoms with E-state index < -0.39 is 52.5 Å². The molecule has 9 rings (SSSR count). The fourth-order valence-electron chi connectivity index (χ4n) is 8.15. The molecule has 0 fully saturated rings. The number of nitriles is 1. The van der Waals surface area contributed by atoms with Crippen LogP contribution < -0.4 is 0 Å². The van der Waals surface area contributed by atoms with Crippen molar-refractivity contribution < 1.29 is 52.7 Å². The lowest BCUT2D eigenvalue weighted by Gasteiger charge is -2.21. The molecule has 0 saturated carbocycles. The number of nitrogens with zero attached hydrogens (tertiary/aromatic N) is 3. The second-order valence-electron chi connectivity index (χ2n) is 14.5. The Hall–Kier alpha value is -7.21. The number of aromatic nitrogens is 2. The highest BCUT2D eigenvalue weighted by atomic mass is 19.4. The van der Waals surface area contributed by atoms with Gasteiger partial charge < -0.3 is 9.13 Å². The quantitative estimate of drug-likeness (QED) is 0.162. The van der Waals surface area contributed by atoms with Crippen LogP contribution in [-0.2, 0) is 24.7 Å². The van der Waals surface area contributed by atoms with Crippen LogP contribution in [0.25, 0.3) is 77.2 Å². The van der Waals surface area contributed by atoms with Crippen molar-refractivity contribution in [3.05, 3.63) is 167 Å². The number of halogens is 12. The molecule has 0 radical (unpaired) electrons. The summed E-state index contributed by atoms with van der Waals surface area (Å²) in [7, 11) is 0. The molecule has 0 saturated heterocycles. The third-order valence-electron chi connectivity index (χ3n) is 10.9. The summed E-state index contributed by atoms with van der Waals surface area (Å²) < 4.78 is 173. The van der Waals surface area contributed by atoms with Gasteiger partial charge in [-0.2, -0.15) is 57.9 Å². The lowest BCUT2D eigenvalue weighted by Crippen LogP contribution is -2.12. The number of alkyl halides is 12. The van der Waals surface area contributed by atoms with Crippen LogP contribution in [0, 0.1) is 11.3 Å². The van der Waals surface area contributed by atoms with E-state index in [9.17, 15) is 57.9 Å². The molecule has 0 unspecified atom stereocenters. The number of fused-ring (bicyclic) bond motifs is 6. The minimum Gasteiger partial charge on any atom is -0.309 e. The fraction of sp³-hybridized carbons (Fsp3) is 0.0851. The van der Waals surface area contributed by atoms with Crippen LogP contribution in [0.5, 0.6) is 0 Å². The van der Waals surface area contributed by atoms with E-state index in [0.717, 1.165) is 24.3 Å². The van der Waals surface area contributed by atoms with Gasteiger partial charge in [-0.05, 0) is 96.1 Å². The first kappa shape index (κ1) is 40.2. The van der Waals surface area contributed by atoms with Gasteiger partial charge in [-0.15, -0.1) is 0 Å². The Balaban J connectivity index is 1.41. The predicted molar refractivity (Wildman–Crippen MR) is 211 cm³/mol. The van der Waals surface area contributed by atoms with Crippen LogP contribution in [-0.4, -0.2) is 9.13 Å². The van der Waals surface area contributed by atoms with Gasteiger partial charge in [0.2, 0.25) is 0 Å². The van der Waals surface area contributed by atoms with Gasteiger partial charge in [0.25, 0.3) is 0 Å². The summed E-state index contributed by atoms with van der Waals surface area (Å²) in [4.78, 5) is 0. The average Bonchev–Trinajstić information content (AvgIpc) is 3.74. The second kappa shape index (κ2) is 13.9. The molecule has 3 nitrogen and oxygen atoms in total. The summed E-state index contributed by atoms with van der Waals surface area (Å²) in [5.41, 5.74) is -3.75. The second-order valence-corrected chi connectivity index (χ2v) is 14.5. The van der Waals surface area contributed by atoms with Crippen LogP contribution in [0.1, 0.15) is 27.8 Å².